The van der Waals surface area contributed by atoms with Gasteiger partial charge in [0.15, 0.2) is 0 Å². The lowest BCUT2D eigenvalue weighted by atomic mass is 9.87. The molecule has 29 heavy (non-hydrogen) atoms. The molecule has 0 bridgehead atoms. The van der Waals surface area contributed by atoms with Gasteiger partial charge in [-0.3, -0.25) is 0 Å². The predicted molar refractivity (Wildman–Crippen MR) is 112 cm³/mol. The molecule has 3 aromatic rings. The van der Waals surface area contributed by atoms with E-state index in [2.05, 4.69) is 0 Å². The van der Waals surface area contributed by atoms with E-state index in [4.69, 9.17) is 14.6 Å². The highest BCUT2D eigenvalue weighted by molar-refractivity contribution is 5.91. The van der Waals surface area contributed by atoms with Crippen molar-refractivity contribution in [2.24, 2.45) is 0 Å². The minimum Gasteiger partial charge on any atom is -0.489 e. The van der Waals surface area contributed by atoms with E-state index >= 15 is 0 Å². The van der Waals surface area contributed by atoms with Gasteiger partial charge in [-0.1, -0.05) is 36.4 Å². The molecule has 4 nitrogen and oxygen atoms in total. The molecule has 4 rings (SSSR count). The lowest BCUT2D eigenvalue weighted by Gasteiger charge is -2.19. The molecular formula is C25H22O4. The van der Waals surface area contributed by atoms with Gasteiger partial charge in [-0.05, 0) is 77.9 Å². The fourth-order valence-electron chi connectivity index (χ4n) is 3.57. The Labute approximate surface area is 170 Å². The number of aryl methyl sites for hydroxylation is 1. The number of fused-ring (bicyclic) bond motifs is 1. The number of ether oxygens (including phenoxy) is 2. The Morgan fingerprint density at radius 2 is 1.72 bits per heavy atom. The summed E-state index contributed by atoms with van der Waals surface area (Å²) in [5.41, 5.74) is 4.06. The predicted octanol–water partition coefficient (Wildman–Crippen LogP) is 5.86. The maximum Gasteiger partial charge on any atom is 0.328 e. The SMILES string of the molecule is O=C(O)C=C1CCCc2cc(OCc3cccc(Oc4ccccc4)c3)ccc21. The molecule has 3 aromatic carbocycles. The van der Waals surface area contributed by atoms with Crippen molar-refractivity contribution in [1.82, 2.24) is 0 Å². The third kappa shape index (κ3) is 4.85. The van der Waals surface area contributed by atoms with Crippen LogP contribution in [0.25, 0.3) is 5.57 Å². The van der Waals surface area contributed by atoms with Crippen molar-refractivity contribution >= 4 is 11.5 Å². The molecule has 0 amide bonds. The molecule has 0 heterocycles. The summed E-state index contributed by atoms with van der Waals surface area (Å²) in [6, 6.07) is 23.4. The smallest absolute Gasteiger partial charge is 0.328 e. The van der Waals surface area contributed by atoms with Gasteiger partial charge in [-0.15, -0.1) is 0 Å². The first kappa shape index (κ1) is 18.8. The van der Waals surface area contributed by atoms with Crippen molar-refractivity contribution in [3.05, 3.63) is 95.6 Å². The largest absolute Gasteiger partial charge is 0.489 e. The normalized spacial score (nSPS) is 14.3. The number of hydrogen-bond donors (Lipinski definition) is 1. The number of benzene rings is 3. The van der Waals surface area contributed by atoms with Gasteiger partial charge in [-0.25, -0.2) is 4.79 Å². The van der Waals surface area contributed by atoms with Gasteiger partial charge in [-0.2, -0.15) is 0 Å². The Hall–Kier alpha value is -3.53. The molecule has 1 aliphatic rings. The number of aliphatic carboxylic acids is 1. The third-order valence-corrected chi connectivity index (χ3v) is 4.90. The Kier molecular flexibility index (Phi) is 5.61. The average molecular weight is 386 g/mol. The van der Waals surface area contributed by atoms with Gasteiger partial charge in [0.25, 0.3) is 0 Å². The van der Waals surface area contributed by atoms with Crippen LogP contribution in [0.5, 0.6) is 17.2 Å². The summed E-state index contributed by atoms with van der Waals surface area (Å²) in [6.07, 6.45) is 4.00. The van der Waals surface area contributed by atoms with E-state index in [0.29, 0.717) is 6.61 Å². The lowest BCUT2D eigenvalue weighted by Crippen LogP contribution is -2.05. The van der Waals surface area contributed by atoms with Crippen molar-refractivity contribution in [2.45, 2.75) is 25.9 Å². The molecule has 0 spiro atoms. The molecule has 0 aromatic heterocycles. The summed E-state index contributed by atoms with van der Waals surface area (Å²) in [6.45, 7) is 0.433. The van der Waals surface area contributed by atoms with Crippen LogP contribution in [0, 0.1) is 0 Å². The second kappa shape index (κ2) is 8.65. The van der Waals surface area contributed by atoms with E-state index < -0.39 is 5.97 Å². The molecule has 0 atom stereocenters. The highest BCUT2D eigenvalue weighted by Gasteiger charge is 2.16. The number of rotatable bonds is 6. The lowest BCUT2D eigenvalue weighted by molar-refractivity contribution is -0.131. The first-order valence-electron chi connectivity index (χ1n) is 9.69. The first-order valence-corrected chi connectivity index (χ1v) is 9.69. The Balaban J connectivity index is 1.44. The van der Waals surface area contributed by atoms with Crippen LogP contribution >= 0.6 is 0 Å². The minimum absolute atomic E-state index is 0.433. The molecule has 0 unspecified atom stereocenters. The van der Waals surface area contributed by atoms with Crippen molar-refractivity contribution in [3.8, 4) is 17.2 Å². The molecule has 1 N–H and O–H groups in total. The Morgan fingerprint density at radius 1 is 0.897 bits per heavy atom. The third-order valence-electron chi connectivity index (χ3n) is 4.90. The van der Waals surface area contributed by atoms with Gasteiger partial charge < -0.3 is 14.6 Å². The Bertz CT molecular complexity index is 1040. The number of carboxylic acid groups (broad SMARTS) is 1. The van der Waals surface area contributed by atoms with Crippen LogP contribution in [0.4, 0.5) is 0 Å². The number of carbonyl (C=O) groups is 1. The second-order valence-electron chi connectivity index (χ2n) is 7.03. The van der Waals surface area contributed by atoms with Crippen LogP contribution in [-0.2, 0) is 17.8 Å². The van der Waals surface area contributed by atoms with Gasteiger partial charge in [0, 0.05) is 6.08 Å². The standard InChI is InChI=1S/C25H22O4/c26-25(27)16-20-8-5-7-19-15-22(12-13-24(19)20)28-17-18-6-4-11-23(14-18)29-21-9-2-1-3-10-21/h1-4,6,9-16H,5,7-8,17H2,(H,26,27). The number of para-hydroxylation sites is 1. The van der Waals surface area contributed by atoms with Crippen LogP contribution in [0.1, 0.15) is 29.5 Å². The van der Waals surface area contributed by atoms with Crippen molar-refractivity contribution in [3.63, 3.8) is 0 Å². The number of hydrogen-bond acceptors (Lipinski definition) is 3. The first-order chi connectivity index (χ1) is 14.2. The summed E-state index contributed by atoms with van der Waals surface area (Å²) in [7, 11) is 0. The number of carboxylic acids is 1. The van der Waals surface area contributed by atoms with E-state index in [-0.39, 0.29) is 0 Å². The summed E-state index contributed by atoms with van der Waals surface area (Å²) < 4.78 is 11.9. The van der Waals surface area contributed by atoms with E-state index in [0.717, 1.165) is 58.8 Å². The summed E-state index contributed by atoms with van der Waals surface area (Å²) in [4.78, 5) is 11.0. The van der Waals surface area contributed by atoms with E-state index in [9.17, 15) is 4.79 Å². The van der Waals surface area contributed by atoms with Crippen molar-refractivity contribution in [1.29, 1.82) is 0 Å². The molecule has 0 radical (unpaired) electrons. The van der Waals surface area contributed by atoms with Gasteiger partial charge in [0.2, 0.25) is 0 Å². The van der Waals surface area contributed by atoms with Crippen LogP contribution in [0.3, 0.4) is 0 Å². The Morgan fingerprint density at radius 3 is 2.55 bits per heavy atom. The second-order valence-corrected chi connectivity index (χ2v) is 7.03. The molecule has 1 aliphatic carbocycles. The summed E-state index contributed by atoms with van der Waals surface area (Å²) >= 11 is 0. The van der Waals surface area contributed by atoms with Crippen LogP contribution < -0.4 is 9.47 Å². The number of allylic oxidation sites excluding steroid dienone is 1. The zero-order valence-electron chi connectivity index (χ0n) is 16.0. The molecule has 0 fully saturated rings. The highest BCUT2D eigenvalue weighted by atomic mass is 16.5. The molecule has 146 valence electrons. The van der Waals surface area contributed by atoms with Crippen LogP contribution in [0.2, 0.25) is 0 Å². The zero-order chi connectivity index (χ0) is 20.1. The quantitative estimate of drug-likeness (QED) is 0.539. The molecule has 0 saturated heterocycles. The van der Waals surface area contributed by atoms with Gasteiger partial charge in [0.1, 0.15) is 23.9 Å². The van der Waals surface area contributed by atoms with Crippen LogP contribution in [0.15, 0.2) is 78.9 Å². The van der Waals surface area contributed by atoms with Gasteiger partial charge >= 0.3 is 5.97 Å². The maximum atomic E-state index is 11.0. The molecule has 4 heteroatoms. The fraction of sp³-hybridized carbons (Fsp3) is 0.160. The monoisotopic (exact) mass is 386 g/mol. The van der Waals surface area contributed by atoms with Crippen molar-refractivity contribution in [2.75, 3.05) is 0 Å². The zero-order valence-corrected chi connectivity index (χ0v) is 16.0. The summed E-state index contributed by atoms with van der Waals surface area (Å²) in [5.74, 6) is 1.46. The molecular weight excluding hydrogens is 364 g/mol. The maximum absolute atomic E-state index is 11.0. The van der Waals surface area contributed by atoms with Crippen molar-refractivity contribution < 1.29 is 19.4 Å². The molecule has 0 aliphatic heterocycles. The van der Waals surface area contributed by atoms with Gasteiger partial charge in [0.05, 0.1) is 0 Å². The van der Waals surface area contributed by atoms with E-state index in [1.54, 1.807) is 0 Å². The minimum atomic E-state index is -0.897. The van der Waals surface area contributed by atoms with E-state index in [1.807, 2.05) is 72.8 Å². The fourth-order valence-corrected chi connectivity index (χ4v) is 3.57. The van der Waals surface area contributed by atoms with Crippen LogP contribution in [-0.4, -0.2) is 11.1 Å². The topological polar surface area (TPSA) is 55.8 Å². The van der Waals surface area contributed by atoms with E-state index in [1.165, 1.54) is 6.08 Å². The molecule has 0 saturated carbocycles. The summed E-state index contributed by atoms with van der Waals surface area (Å²) in [5, 5.41) is 9.06. The average Bonchev–Trinajstić information content (AvgIpc) is 2.73. The highest BCUT2D eigenvalue weighted by Crippen LogP contribution is 2.33.